The highest BCUT2D eigenvalue weighted by molar-refractivity contribution is 6.05. The van der Waals surface area contributed by atoms with Crippen molar-refractivity contribution in [3.05, 3.63) is 35.8 Å². The number of nitrogen functional groups attached to an aromatic ring is 1. The summed E-state index contributed by atoms with van der Waals surface area (Å²) in [5.74, 6) is 0.857. The molecule has 1 aromatic heterocycles. The normalized spacial score (nSPS) is 10.2. The Morgan fingerprint density at radius 2 is 1.90 bits per heavy atom. The Morgan fingerprint density at radius 3 is 2.45 bits per heavy atom. The minimum atomic E-state index is -0.369. The SMILES string of the molecule is COc1cc(N)c(NC(=O)c2occc2C)cc1OC. The first kappa shape index (κ1) is 13.8. The number of aryl methyl sites for hydroxylation is 1. The molecule has 0 aliphatic carbocycles. The highest BCUT2D eigenvalue weighted by Crippen LogP contribution is 2.35. The molecule has 0 bridgehead atoms. The third kappa shape index (κ3) is 2.54. The molecule has 2 rings (SSSR count). The van der Waals surface area contributed by atoms with E-state index in [0.29, 0.717) is 22.9 Å². The molecule has 106 valence electrons. The highest BCUT2D eigenvalue weighted by atomic mass is 16.5. The predicted molar refractivity (Wildman–Crippen MR) is 75.4 cm³/mol. The van der Waals surface area contributed by atoms with E-state index in [4.69, 9.17) is 19.6 Å². The third-order valence-corrected chi connectivity index (χ3v) is 2.87. The van der Waals surface area contributed by atoms with Gasteiger partial charge < -0.3 is 24.9 Å². The summed E-state index contributed by atoms with van der Waals surface area (Å²) in [6.45, 7) is 1.79. The smallest absolute Gasteiger partial charge is 0.291 e. The van der Waals surface area contributed by atoms with Crippen LogP contribution in [0.5, 0.6) is 11.5 Å². The molecule has 2 aromatic rings. The number of nitrogens with one attached hydrogen (secondary N) is 1. The zero-order valence-corrected chi connectivity index (χ0v) is 11.5. The van der Waals surface area contributed by atoms with Crippen molar-refractivity contribution in [2.75, 3.05) is 25.3 Å². The van der Waals surface area contributed by atoms with Crippen LogP contribution in [0, 0.1) is 6.92 Å². The van der Waals surface area contributed by atoms with Crippen molar-refractivity contribution in [2.45, 2.75) is 6.92 Å². The molecule has 0 radical (unpaired) electrons. The van der Waals surface area contributed by atoms with E-state index in [1.54, 1.807) is 25.1 Å². The number of amides is 1. The summed E-state index contributed by atoms with van der Waals surface area (Å²) >= 11 is 0. The van der Waals surface area contributed by atoms with Gasteiger partial charge in [0.1, 0.15) is 0 Å². The quantitative estimate of drug-likeness (QED) is 0.837. The summed E-state index contributed by atoms with van der Waals surface area (Å²) in [6.07, 6.45) is 1.46. The van der Waals surface area contributed by atoms with Crippen LogP contribution in [0.25, 0.3) is 0 Å². The number of nitrogens with two attached hydrogens (primary N) is 1. The Labute approximate surface area is 116 Å². The number of carbonyl (C=O) groups excluding carboxylic acids is 1. The Hall–Kier alpha value is -2.63. The second-order valence-electron chi connectivity index (χ2n) is 4.18. The van der Waals surface area contributed by atoms with Gasteiger partial charge in [-0.25, -0.2) is 0 Å². The predicted octanol–water partition coefficient (Wildman–Crippen LogP) is 2.44. The largest absolute Gasteiger partial charge is 0.493 e. The first-order valence-corrected chi connectivity index (χ1v) is 5.93. The molecule has 0 saturated carbocycles. The molecule has 1 amide bonds. The van der Waals surface area contributed by atoms with Gasteiger partial charge in [0.2, 0.25) is 0 Å². The van der Waals surface area contributed by atoms with Crippen molar-refractivity contribution in [3.8, 4) is 11.5 Å². The number of anilines is 2. The molecule has 0 saturated heterocycles. The van der Waals surface area contributed by atoms with Crippen LogP contribution in [0.2, 0.25) is 0 Å². The van der Waals surface area contributed by atoms with Gasteiger partial charge in [-0.15, -0.1) is 0 Å². The summed E-state index contributed by atoms with van der Waals surface area (Å²) in [5, 5.41) is 2.69. The Bertz CT molecular complexity index is 634. The minimum absolute atomic E-state index is 0.249. The van der Waals surface area contributed by atoms with Crippen molar-refractivity contribution < 1.29 is 18.7 Å². The number of hydrogen-bond acceptors (Lipinski definition) is 5. The lowest BCUT2D eigenvalue weighted by molar-refractivity contribution is 0.0996. The molecule has 0 aliphatic heterocycles. The van der Waals surface area contributed by atoms with Crippen molar-refractivity contribution in [1.82, 2.24) is 0 Å². The topological polar surface area (TPSA) is 86.7 Å². The number of carbonyl (C=O) groups is 1. The van der Waals surface area contributed by atoms with Crippen LogP contribution in [0.15, 0.2) is 28.9 Å². The Balaban J connectivity index is 2.30. The first-order chi connectivity index (χ1) is 9.56. The number of ether oxygens (including phenoxy) is 2. The van der Waals surface area contributed by atoms with Crippen molar-refractivity contribution in [2.24, 2.45) is 0 Å². The standard InChI is InChI=1S/C14H16N2O4/c1-8-4-5-20-13(8)14(17)16-10-7-12(19-3)11(18-2)6-9(10)15/h4-7H,15H2,1-3H3,(H,16,17). The van der Waals surface area contributed by atoms with Gasteiger partial charge >= 0.3 is 0 Å². The van der Waals surface area contributed by atoms with Crippen LogP contribution in [-0.2, 0) is 0 Å². The zero-order valence-electron chi connectivity index (χ0n) is 11.5. The van der Waals surface area contributed by atoms with E-state index in [9.17, 15) is 4.79 Å². The van der Waals surface area contributed by atoms with Crippen molar-refractivity contribution in [3.63, 3.8) is 0 Å². The molecule has 1 heterocycles. The second kappa shape index (κ2) is 5.56. The third-order valence-electron chi connectivity index (χ3n) is 2.87. The summed E-state index contributed by atoms with van der Waals surface area (Å²) in [7, 11) is 3.03. The van der Waals surface area contributed by atoms with Gasteiger partial charge in [-0.05, 0) is 13.0 Å². The average molecular weight is 276 g/mol. The molecule has 1 aromatic carbocycles. The molecular formula is C14H16N2O4. The fourth-order valence-electron chi connectivity index (χ4n) is 1.79. The van der Waals surface area contributed by atoms with Gasteiger partial charge in [-0.3, -0.25) is 4.79 Å². The lowest BCUT2D eigenvalue weighted by atomic mass is 10.2. The molecule has 0 atom stereocenters. The number of rotatable bonds is 4. The number of benzene rings is 1. The summed E-state index contributed by atoms with van der Waals surface area (Å²) < 4.78 is 15.4. The molecule has 0 spiro atoms. The molecule has 0 aliphatic rings. The second-order valence-corrected chi connectivity index (χ2v) is 4.18. The van der Waals surface area contributed by atoms with Crippen LogP contribution in [0.4, 0.5) is 11.4 Å². The van der Waals surface area contributed by atoms with Crippen LogP contribution >= 0.6 is 0 Å². The van der Waals surface area contributed by atoms with E-state index in [0.717, 1.165) is 5.56 Å². The maximum Gasteiger partial charge on any atom is 0.291 e. The van der Waals surface area contributed by atoms with E-state index in [1.165, 1.54) is 20.5 Å². The maximum atomic E-state index is 12.1. The number of hydrogen-bond donors (Lipinski definition) is 2. The van der Waals surface area contributed by atoms with E-state index in [2.05, 4.69) is 5.32 Å². The van der Waals surface area contributed by atoms with Crippen LogP contribution in [-0.4, -0.2) is 20.1 Å². The number of furan rings is 1. The maximum absolute atomic E-state index is 12.1. The lowest BCUT2D eigenvalue weighted by Gasteiger charge is -2.13. The molecule has 0 fully saturated rings. The van der Waals surface area contributed by atoms with Crippen LogP contribution < -0.4 is 20.5 Å². The van der Waals surface area contributed by atoms with E-state index in [1.807, 2.05) is 0 Å². The minimum Gasteiger partial charge on any atom is -0.493 e. The van der Waals surface area contributed by atoms with Gasteiger partial charge in [-0.1, -0.05) is 0 Å². The first-order valence-electron chi connectivity index (χ1n) is 5.93. The zero-order chi connectivity index (χ0) is 14.7. The van der Waals surface area contributed by atoms with Gasteiger partial charge in [0.15, 0.2) is 17.3 Å². The summed E-state index contributed by atoms with van der Waals surface area (Å²) in [6, 6.07) is 4.90. The van der Waals surface area contributed by atoms with Crippen LogP contribution in [0.1, 0.15) is 16.1 Å². The van der Waals surface area contributed by atoms with Gasteiger partial charge in [-0.2, -0.15) is 0 Å². The molecule has 6 nitrogen and oxygen atoms in total. The Morgan fingerprint density at radius 1 is 1.25 bits per heavy atom. The van der Waals surface area contributed by atoms with Gasteiger partial charge in [0.25, 0.3) is 5.91 Å². The molecule has 0 unspecified atom stereocenters. The fraction of sp³-hybridized carbons (Fsp3) is 0.214. The van der Waals surface area contributed by atoms with Crippen molar-refractivity contribution >= 4 is 17.3 Å². The van der Waals surface area contributed by atoms with E-state index >= 15 is 0 Å². The van der Waals surface area contributed by atoms with E-state index in [-0.39, 0.29) is 11.7 Å². The van der Waals surface area contributed by atoms with Gasteiger partial charge in [0, 0.05) is 17.7 Å². The lowest BCUT2D eigenvalue weighted by Crippen LogP contribution is -2.13. The van der Waals surface area contributed by atoms with Gasteiger partial charge in [0.05, 0.1) is 31.9 Å². The summed E-state index contributed by atoms with van der Waals surface area (Å²) in [5.41, 5.74) is 7.44. The van der Waals surface area contributed by atoms with E-state index < -0.39 is 0 Å². The molecular weight excluding hydrogens is 260 g/mol. The number of methoxy groups -OCH3 is 2. The monoisotopic (exact) mass is 276 g/mol. The molecule has 20 heavy (non-hydrogen) atoms. The van der Waals surface area contributed by atoms with Crippen molar-refractivity contribution in [1.29, 1.82) is 0 Å². The fourth-order valence-corrected chi connectivity index (χ4v) is 1.79. The molecule has 6 heteroatoms. The average Bonchev–Trinajstić information content (AvgIpc) is 2.86. The van der Waals surface area contributed by atoms with Crippen LogP contribution in [0.3, 0.4) is 0 Å². The highest BCUT2D eigenvalue weighted by Gasteiger charge is 2.16. The molecule has 3 N–H and O–H groups in total. The summed E-state index contributed by atoms with van der Waals surface area (Å²) in [4.78, 5) is 12.1. The Kier molecular flexibility index (Phi) is 3.84.